The van der Waals surface area contributed by atoms with Crippen LogP contribution in [-0.4, -0.2) is 17.9 Å². The van der Waals surface area contributed by atoms with E-state index in [4.69, 9.17) is 4.74 Å². The number of hydrogen-bond acceptors (Lipinski definition) is 4. The summed E-state index contributed by atoms with van der Waals surface area (Å²) < 4.78 is 4.89. The van der Waals surface area contributed by atoms with E-state index in [-0.39, 0.29) is 16.8 Å². The van der Waals surface area contributed by atoms with Gasteiger partial charge in [-0.2, -0.15) is 10.2 Å². The molecule has 4 aliphatic rings. The molecule has 2 aliphatic carbocycles. The molecule has 2 fully saturated rings. The number of nitrogens with zero attached hydrogens (tertiary/aromatic N) is 2. The first-order valence-corrected chi connectivity index (χ1v) is 8.82. The average molecular weight is 324 g/mol. The van der Waals surface area contributed by atoms with Crippen LogP contribution in [0.3, 0.4) is 0 Å². The summed E-state index contributed by atoms with van der Waals surface area (Å²) in [5, 5.41) is 8.64. The quantitative estimate of drug-likeness (QED) is 0.434. The molecule has 126 valence electrons. The summed E-state index contributed by atoms with van der Waals surface area (Å²) in [4.78, 5) is 11.7. The second kappa shape index (κ2) is 5.27. The molecule has 2 aliphatic heterocycles. The Kier molecular flexibility index (Phi) is 3.41. The van der Waals surface area contributed by atoms with Crippen LogP contribution in [0.15, 0.2) is 46.3 Å². The smallest absolute Gasteiger partial charge is 0.342 e. The molecule has 4 nitrogen and oxygen atoms in total. The monoisotopic (exact) mass is 324 g/mol. The largest absolute Gasteiger partial charge is 0.431 e. The fraction of sp³-hybridized carbons (Fsp3) is 0.550. The van der Waals surface area contributed by atoms with Gasteiger partial charge >= 0.3 is 5.97 Å². The van der Waals surface area contributed by atoms with E-state index in [0.29, 0.717) is 17.4 Å². The zero-order chi connectivity index (χ0) is 16.9. The summed E-state index contributed by atoms with van der Waals surface area (Å²) in [6, 6.07) is 0. The van der Waals surface area contributed by atoms with Crippen molar-refractivity contribution in [3.05, 3.63) is 36.1 Å². The van der Waals surface area contributed by atoms with Crippen LogP contribution in [0.5, 0.6) is 0 Å². The zero-order valence-electron chi connectivity index (χ0n) is 14.4. The Balaban J connectivity index is 1.65. The molecule has 0 aromatic rings. The van der Waals surface area contributed by atoms with Gasteiger partial charge in [-0.3, -0.25) is 0 Å². The van der Waals surface area contributed by atoms with E-state index in [1.165, 1.54) is 17.5 Å². The highest BCUT2D eigenvalue weighted by Crippen LogP contribution is 2.61. The minimum absolute atomic E-state index is 0.00865. The van der Waals surface area contributed by atoms with Crippen molar-refractivity contribution in [2.24, 2.45) is 32.9 Å². The first-order valence-electron chi connectivity index (χ1n) is 8.82. The van der Waals surface area contributed by atoms with Gasteiger partial charge in [-0.1, -0.05) is 25.2 Å². The molecular weight excluding hydrogens is 300 g/mol. The molecule has 4 heteroatoms. The first-order chi connectivity index (χ1) is 11.4. The topological polar surface area (TPSA) is 51.0 Å². The van der Waals surface area contributed by atoms with Crippen LogP contribution in [0, 0.1) is 22.7 Å². The lowest BCUT2D eigenvalue weighted by Crippen LogP contribution is -2.54. The molecule has 0 spiro atoms. The van der Waals surface area contributed by atoms with Crippen molar-refractivity contribution < 1.29 is 9.53 Å². The second-order valence-corrected chi connectivity index (χ2v) is 7.99. The van der Waals surface area contributed by atoms with Gasteiger partial charge in [0.05, 0.1) is 17.5 Å². The van der Waals surface area contributed by atoms with Crippen LogP contribution in [0.25, 0.3) is 0 Å². The molecule has 0 saturated heterocycles. The van der Waals surface area contributed by atoms with Gasteiger partial charge in [-0.25, -0.2) is 4.79 Å². The Labute approximate surface area is 143 Å². The lowest BCUT2D eigenvalue weighted by molar-refractivity contribution is -0.132. The van der Waals surface area contributed by atoms with Gasteiger partial charge < -0.3 is 4.74 Å². The maximum atomic E-state index is 11.7. The van der Waals surface area contributed by atoms with Crippen molar-refractivity contribution in [1.82, 2.24) is 0 Å². The Morgan fingerprint density at radius 2 is 2.25 bits per heavy atom. The third-order valence-electron chi connectivity index (χ3n) is 6.82. The molecule has 2 heterocycles. The van der Waals surface area contributed by atoms with Crippen LogP contribution < -0.4 is 0 Å². The molecule has 0 radical (unpaired) electrons. The van der Waals surface area contributed by atoms with Gasteiger partial charge in [0.2, 0.25) is 0 Å². The number of esters is 1. The minimum Gasteiger partial charge on any atom is -0.431 e. The number of allylic oxidation sites excluding steroid dienone is 2. The molecule has 4 rings (SSSR count). The summed E-state index contributed by atoms with van der Waals surface area (Å²) >= 11 is 0. The summed E-state index contributed by atoms with van der Waals surface area (Å²) in [7, 11) is 0. The van der Waals surface area contributed by atoms with E-state index in [2.05, 4.69) is 36.8 Å². The Hall–Kier alpha value is -1.97. The van der Waals surface area contributed by atoms with Crippen molar-refractivity contribution in [1.29, 1.82) is 0 Å². The van der Waals surface area contributed by atoms with Crippen molar-refractivity contribution in [3.8, 4) is 0 Å². The van der Waals surface area contributed by atoms with Gasteiger partial charge in [0.1, 0.15) is 0 Å². The molecule has 0 bridgehead atoms. The lowest BCUT2D eigenvalue weighted by atomic mass is 9.46. The van der Waals surface area contributed by atoms with E-state index in [1.807, 2.05) is 6.08 Å². The molecule has 2 unspecified atom stereocenters. The number of cyclic esters (lactones) is 1. The van der Waals surface area contributed by atoms with Crippen molar-refractivity contribution in [2.75, 3.05) is 0 Å². The number of rotatable bonds is 2. The summed E-state index contributed by atoms with van der Waals surface area (Å²) in [6.07, 6.45) is 12.5. The summed E-state index contributed by atoms with van der Waals surface area (Å²) in [6.45, 7) is 9.08. The third-order valence-corrected chi connectivity index (χ3v) is 6.82. The number of fused-ring (bicyclic) bond motifs is 3. The molecule has 0 amide bonds. The molecule has 0 aromatic heterocycles. The first kappa shape index (κ1) is 15.6. The highest BCUT2D eigenvalue weighted by atomic mass is 16.5. The van der Waals surface area contributed by atoms with E-state index in [0.717, 1.165) is 32.1 Å². The maximum absolute atomic E-state index is 11.7. The normalized spacial score (nSPS) is 42.1. The van der Waals surface area contributed by atoms with Gasteiger partial charge in [0.25, 0.3) is 0 Å². The van der Waals surface area contributed by atoms with E-state index in [1.54, 1.807) is 6.08 Å². The lowest BCUT2D eigenvalue weighted by Gasteiger charge is -2.57. The zero-order valence-corrected chi connectivity index (χ0v) is 14.4. The number of ether oxygens (including phenoxy) is 1. The summed E-state index contributed by atoms with van der Waals surface area (Å²) in [5.74, 6) is 0.674. The van der Waals surface area contributed by atoms with Gasteiger partial charge in [-0.05, 0) is 62.4 Å². The molecule has 4 atom stereocenters. The molecule has 2 saturated carbocycles. The fourth-order valence-corrected chi connectivity index (χ4v) is 5.41. The van der Waals surface area contributed by atoms with Crippen LogP contribution in [0.2, 0.25) is 0 Å². The second-order valence-electron chi connectivity index (χ2n) is 7.99. The fourth-order valence-electron chi connectivity index (χ4n) is 5.41. The SMILES string of the molecule is C=C1CCC2[C@@](C)(CCC3=NN=C[C@]32C)C1C/C=C1\C=COC1=O. The summed E-state index contributed by atoms with van der Waals surface area (Å²) in [5.41, 5.74) is 3.39. The third kappa shape index (κ3) is 2.08. The molecule has 0 N–H and O–H groups in total. The predicted octanol–water partition coefficient (Wildman–Crippen LogP) is 4.20. The van der Waals surface area contributed by atoms with Crippen LogP contribution >= 0.6 is 0 Å². The molecule has 0 aromatic carbocycles. The van der Waals surface area contributed by atoms with Crippen molar-refractivity contribution in [2.45, 2.75) is 46.0 Å². The Bertz CT molecular complexity index is 730. The number of carbonyl (C=O) groups is 1. The van der Waals surface area contributed by atoms with Crippen LogP contribution in [0.4, 0.5) is 0 Å². The highest BCUT2D eigenvalue weighted by molar-refractivity contribution is 6.06. The van der Waals surface area contributed by atoms with Crippen molar-refractivity contribution >= 4 is 17.9 Å². The van der Waals surface area contributed by atoms with E-state index < -0.39 is 0 Å². The number of hydrogen-bond donors (Lipinski definition) is 0. The van der Waals surface area contributed by atoms with Gasteiger partial charge in [-0.15, -0.1) is 0 Å². The van der Waals surface area contributed by atoms with E-state index >= 15 is 0 Å². The Morgan fingerprint density at radius 1 is 1.42 bits per heavy atom. The maximum Gasteiger partial charge on any atom is 0.342 e. The predicted molar refractivity (Wildman–Crippen MR) is 94.7 cm³/mol. The average Bonchev–Trinajstić information content (AvgIpc) is 3.11. The van der Waals surface area contributed by atoms with Gasteiger partial charge in [0, 0.05) is 11.6 Å². The van der Waals surface area contributed by atoms with Crippen molar-refractivity contribution in [3.63, 3.8) is 0 Å². The highest BCUT2D eigenvalue weighted by Gasteiger charge is 2.57. The minimum atomic E-state index is -0.244. The van der Waals surface area contributed by atoms with Crippen LogP contribution in [-0.2, 0) is 9.53 Å². The number of carbonyl (C=O) groups excluding carboxylic acids is 1. The van der Waals surface area contributed by atoms with Crippen LogP contribution in [0.1, 0.15) is 46.0 Å². The molecular formula is C20H24N2O2. The Morgan fingerprint density at radius 3 is 3.00 bits per heavy atom. The molecule has 24 heavy (non-hydrogen) atoms. The standard InChI is InChI=1S/C20H24N2O2/c1-13-4-7-16-19(2,10-8-17-20(16,3)12-21-22-17)15(13)6-5-14-9-11-24-18(14)23/h5,9,11-12,15-16H,1,4,6-8,10H2,2-3H3/b14-5+/t15?,16?,19-,20-/m0/s1. The van der Waals surface area contributed by atoms with Gasteiger partial charge in [0.15, 0.2) is 0 Å². The van der Waals surface area contributed by atoms with E-state index in [9.17, 15) is 4.79 Å².